The third kappa shape index (κ3) is 4.67. The van der Waals surface area contributed by atoms with Gasteiger partial charge in [-0.05, 0) is 91.9 Å². The van der Waals surface area contributed by atoms with Crippen LogP contribution in [0, 0.1) is 11.2 Å². The molecule has 0 unspecified atom stereocenters. The van der Waals surface area contributed by atoms with Crippen LogP contribution in [0.25, 0.3) is 11.8 Å². The van der Waals surface area contributed by atoms with Gasteiger partial charge in [0.15, 0.2) is 15.6 Å². The number of nitrogens with zero attached hydrogens (tertiary/aromatic N) is 3. The molecule has 0 amide bonds. The Morgan fingerprint density at radius 3 is 2.51 bits per heavy atom. The fourth-order valence-corrected chi connectivity index (χ4v) is 7.78. The second kappa shape index (κ2) is 9.76. The lowest BCUT2D eigenvalue weighted by Crippen LogP contribution is -2.45. The largest absolute Gasteiger partial charge is 0.416 e. The maximum absolute atomic E-state index is 14.2. The number of hydrogen-bond donors (Lipinski definition) is 0. The van der Waals surface area contributed by atoms with Crippen LogP contribution in [0.15, 0.2) is 89.6 Å². The van der Waals surface area contributed by atoms with Gasteiger partial charge < -0.3 is 0 Å². The van der Waals surface area contributed by atoms with Crippen molar-refractivity contribution in [1.29, 1.82) is 0 Å². The van der Waals surface area contributed by atoms with Crippen molar-refractivity contribution < 1.29 is 30.8 Å². The van der Waals surface area contributed by atoms with Gasteiger partial charge in [-0.1, -0.05) is 17.7 Å². The van der Waals surface area contributed by atoms with E-state index in [9.17, 15) is 30.8 Å². The first-order valence-corrected chi connectivity index (χ1v) is 14.4. The summed E-state index contributed by atoms with van der Waals surface area (Å²) in [6.45, 7) is 0. The summed E-state index contributed by atoms with van der Waals surface area (Å²) in [5.41, 5.74) is 0.563. The normalized spacial score (nSPS) is 20.6. The Morgan fingerprint density at radius 1 is 1.02 bits per heavy atom. The number of carbonyl (C=O) groups excluding carboxylic acids is 1. The second-order valence-electron chi connectivity index (χ2n) is 10.4. The summed E-state index contributed by atoms with van der Waals surface area (Å²) >= 11 is 0. The Morgan fingerprint density at radius 2 is 1.80 bits per heavy atom. The van der Waals surface area contributed by atoms with Crippen LogP contribution in [0.1, 0.15) is 46.6 Å². The minimum atomic E-state index is -4.70. The average molecular weight is 582 g/mol. The third-order valence-electron chi connectivity index (χ3n) is 7.95. The summed E-state index contributed by atoms with van der Waals surface area (Å²) in [6, 6.07) is 14.4. The zero-order valence-corrected chi connectivity index (χ0v) is 22.3. The maximum Gasteiger partial charge on any atom is 0.416 e. The Hall–Kier alpha value is -4.12. The van der Waals surface area contributed by atoms with E-state index < -0.39 is 43.0 Å². The summed E-state index contributed by atoms with van der Waals surface area (Å²) in [5.74, 6) is -0.748. The van der Waals surface area contributed by atoms with E-state index in [2.05, 4.69) is 10.1 Å². The summed E-state index contributed by atoms with van der Waals surface area (Å²) in [7, 11) is -4.22. The molecule has 210 valence electrons. The van der Waals surface area contributed by atoms with Gasteiger partial charge in [0, 0.05) is 6.20 Å². The number of rotatable bonds is 5. The Balaban J connectivity index is 1.44. The molecule has 0 saturated heterocycles. The lowest BCUT2D eigenvalue weighted by molar-refractivity contribution is -0.137. The van der Waals surface area contributed by atoms with E-state index in [1.54, 1.807) is 41.2 Å². The zero-order valence-electron chi connectivity index (χ0n) is 21.5. The molecular formula is C30H23F4N3O3S. The molecule has 1 fully saturated rings. The number of alkyl halides is 3. The van der Waals surface area contributed by atoms with Gasteiger partial charge in [-0.3, -0.25) is 9.78 Å². The molecule has 2 heterocycles. The van der Waals surface area contributed by atoms with E-state index in [4.69, 9.17) is 0 Å². The van der Waals surface area contributed by atoms with Gasteiger partial charge in [-0.2, -0.15) is 18.3 Å². The molecule has 6 nitrogen and oxygen atoms in total. The summed E-state index contributed by atoms with van der Waals surface area (Å²) in [5, 5.41) is 3.37. The van der Waals surface area contributed by atoms with Gasteiger partial charge >= 0.3 is 6.18 Å². The monoisotopic (exact) mass is 581 g/mol. The number of hydrogen-bond acceptors (Lipinski definition) is 5. The SMILES string of the molecule is O=C(c1ccccn1)[C@]12Cc3cnn(-c4ccc(F)cc4)c3C=C1CC[C@@H](S(=O)(=O)c1cccc(C(F)(F)F)c1)C2. The van der Waals surface area contributed by atoms with Gasteiger partial charge in [-0.15, -0.1) is 0 Å². The fraction of sp³-hybridized carbons (Fsp3) is 0.233. The standard InChI is InChI=1S/C30H23F4N3O3S/c31-22-8-10-23(11-9-22)37-27-15-20-7-12-25(41(39,40)24-5-3-4-21(14-24)30(32,33)34)17-29(20,16-19(27)18-36-37)28(38)26-6-1-2-13-35-26/h1-6,8-11,13-15,18,25H,7,12,16-17H2/t25-,29+/m1/s1. The molecule has 0 N–H and O–H groups in total. The van der Waals surface area contributed by atoms with Crippen LogP contribution in [-0.2, 0) is 22.4 Å². The van der Waals surface area contributed by atoms with Crippen molar-refractivity contribution in [3.8, 4) is 5.69 Å². The Bertz CT molecular complexity index is 1780. The number of ketones is 1. The highest BCUT2D eigenvalue weighted by Gasteiger charge is 2.52. The van der Waals surface area contributed by atoms with Crippen LogP contribution in [0.3, 0.4) is 0 Å². The maximum atomic E-state index is 14.2. The van der Waals surface area contributed by atoms with Crippen molar-refractivity contribution in [1.82, 2.24) is 14.8 Å². The molecule has 0 bridgehead atoms. The number of sulfone groups is 1. The number of pyridine rings is 1. The van der Waals surface area contributed by atoms with Crippen LogP contribution in [-0.4, -0.2) is 34.2 Å². The van der Waals surface area contributed by atoms with Gasteiger partial charge in [0.1, 0.15) is 11.5 Å². The van der Waals surface area contributed by atoms with Crippen LogP contribution in [0.5, 0.6) is 0 Å². The molecule has 2 aromatic heterocycles. The van der Waals surface area contributed by atoms with E-state index in [-0.39, 0.29) is 37.2 Å². The smallest absolute Gasteiger partial charge is 0.291 e. The quantitative estimate of drug-likeness (QED) is 0.205. The Labute approximate surface area is 233 Å². The highest BCUT2D eigenvalue weighted by molar-refractivity contribution is 7.92. The first-order chi connectivity index (χ1) is 19.5. The van der Waals surface area contributed by atoms with Crippen LogP contribution in [0.4, 0.5) is 17.6 Å². The van der Waals surface area contributed by atoms with Gasteiger partial charge in [0.2, 0.25) is 0 Å². The van der Waals surface area contributed by atoms with E-state index in [0.717, 1.165) is 18.2 Å². The summed E-state index contributed by atoms with van der Waals surface area (Å²) < 4.78 is 82.8. The molecule has 11 heteroatoms. The Kier molecular flexibility index (Phi) is 6.44. The predicted octanol–water partition coefficient (Wildman–Crippen LogP) is 6.26. The fourth-order valence-electron chi connectivity index (χ4n) is 5.90. The van der Waals surface area contributed by atoms with E-state index in [1.807, 2.05) is 6.08 Å². The topological polar surface area (TPSA) is 81.9 Å². The van der Waals surface area contributed by atoms with Crippen LogP contribution in [0.2, 0.25) is 0 Å². The lowest BCUT2D eigenvalue weighted by atomic mass is 9.61. The molecule has 6 rings (SSSR count). The van der Waals surface area contributed by atoms with Crippen LogP contribution < -0.4 is 0 Å². The van der Waals surface area contributed by atoms with Crippen molar-refractivity contribution >= 4 is 21.7 Å². The number of carbonyl (C=O) groups is 1. The minimum absolute atomic E-state index is 0.117. The molecule has 4 aromatic rings. The van der Waals surface area contributed by atoms with Gasteiger partial charge in [0.05, 0.1) is 38.7 Å². The molecule has 41 heavy (non-hydrogen) atoms. The lowest BCUT2D eigenvalue weighted by Gasteiger charge is -2.43. The third-order valence-corrected chi connectivity index (χ3v) is 10.1. The van der Waals surface area contributed by atoms with Crippen LogP contribution >= 0.6 is 0 Å². The minimum Gasteiger partial charge on any atom is -0.291 e. The molecule has 2 aliphatic rings. The predicted molar refractivity (Wildman–Crippen MR) is 142 cm³/mol. The van der Waals surface area contributed by atoms with Gasteiger partial charge in [0.25, 0.3) is 0 Å². The molecular weight excluding hydrogens is 558 g/mol. The number of benzene rings is 2. The van der Waals surface area contributed by atoms with Crippen molar-refractivity contribution in [2.75, 3.05) is 0 Å². The highest BCUT2D eigenvalue weighted by atomic mass is 32.2. The molecule has 2 aromatic carbocycles. The van der Waals surface area contributed by atoms with E-state index >= 15 is 0 Å². The number of halogens is 4. The molecule has 0 aliphatic heterocycles. The number of allylic oxidation sites excluding steroid dienone is 1. The first kappa shape index (κ1) is 27.1. The van der Waals surface area contributed by atoms with Crippen molar-refractivity contribution in [2.45, 2.75) is 42.0 Å². The number of fused-ring (bicyclic) bond motifs is 2. The van der Waals surface area contributed by atoms with Gasteiger partial charge in [-0.25, -0.2) is 17.5 Å². The van der Waals surface area contributed by atoms with Crippen molar-refractivity contribution in [3.63, 3.8) is 0 Å². The molecule has 1 saturated carbocycles. The molecule has 2 aliphatic carbocycles. The van der Waals surface area contributed by atoms with E-state index in [0.29, 0.717) is 28.6 Å². The summed E-state index contributed by atoms with van der Waals surface area (Å²) in [4.78, 5) is 18.0. The molecule has 0 radical (unpaired) electrons. The van der Waals surface area contributed by atoms with Crippen molar-refractivity contribution in [2.24, 2.45) is 5.41 Å². The highest BCUT2D eigenvalue weighted by Crippen LogP contribution is 2.52. The number of aromatic nitrogens is 3. The second-order valence-corrected chi connectivity index (χ2v) is 12.6. The molecule has 2 atom stereocenters. The number of Topliss-reactive ketones (excluding diaryl/α,β-unsaturated/α-hetero) is 1. The van der Waals surface area contributed by atoms with E-state index in [1.165, 1.54) is 18.3 Å². The summed E-state index contributed by atoms with van der Waals surface area (Å²) in [6.07, 6.45) is 0.598. The zero-order chi connectivity index (χ0) is 29.0. The molecule has 0 spiro atoms. The average Bonchev–Trinajstić information content (AvgIpc) is 3.38. The first-order valence-electron chi connectivity index (χ1n) is 12.9. The van der Waals surface area contributed by atoms with Crippen molar-refractivity contribution in [3.05, 3.63) is 113 Å².